The predicted octanol–water partition coefficient (Wildman–Crippen LogP) is 2.77. The maximum atomic E-state index is 13.7. The van der Waals surface area contributed by atoms with Gasteiger partial charge in [-0.15, -0.1) is 0 Å². The van der Waals surface area contributed by atoms with E-state index in [9.17, 15) is 23.6 Å². The molecular weight excluding hydrogens is 567 g/mol. The van der Waals surface area contributed by atoms with Crippen LogP contribution in [0.25, 0.3) is 0 Å². The molecule has 4 amide bonds. The summed E-state index contributed by atoms with van der Waals surface area (Å²) in [6, 6.07) is 9.37. The second-order valence-electron chi connectivity index (χ2n) is 12.6. The number of likely N-dealkylation sites (tertiary alicyclic amines) is 2. The Morgan fingerprint density at radius 1 is 1.09 bits per heavy atom. The smallest absolute Gasteiger partial charge is 0.255 e. The first-order valence-corrected chi connectivity index (χ1v) is 15.7. The summed E-state index contributed by atoms with van der Waals surface area (Å²) >= 11 is 0. The van der Waals surface area contributed by atoms with Gasteiger partial charge in [0.2, 0.25) is 17.7 Å². The third-order valence-corrected chi connectivity index (χ3v) is 10.1. The van der Waals surface area contributed by atoms with Crippen LogP contribution in [0.15, 0.2) is 36.4 Å². The molecule has 3 fully saturated rings. The first-order chi connectivity index (χ1) is 21.3. The van der Waals surface area contributed by atoms with Crippen LogP contribution < -0.4 is 14.8 Å². The number of carbonyl (C=O) groups is 4. The Bertz CT molecular complexity index is 1510. The Morgan fingerprint density at radius 3 is 2.75 bits per heavy atom. The quantitative estimate of drug-likeness (QED) is 0.383. The van der Waals surface area contributed by atoms with Gasteiger partial charge in [-0.1, -0.05) is 12.1 Å². The lowest BCUT2D eigenvalue weighted by Gasteiger charge is -2.40. The van der Waals surface area contributed by atoms with Gasteiger partial charge in [-0.05, 0) is 63.3 Å². The fourth-order valence-electron chi connectivity index (χ4n) is 7.64. The van der Waals surface area contributed by atoms with E-state index in [1.54, 1.807) is 12.1 Å². The van der Waals surface area contributed by atoms with Crippen molar-refractivity contribution in [2.45, 2.75) is 69.0 Å². The molecule has 3 saturated heterocycles. The molecule has 2 unspecified atom stereocenters. The zero-order valence-electron chi connectivity index (χ0n) is 24.7. The average Bonchev–Trinajstić information content (AvgIpc) is 3.72. The Labute approximate surface area is 255 Å². The number of nitrogens with one attached hydrogen (secondary N) is 1. The number of amides is 4. The fourth-order valence-corrected chi connectivity index (χ4v) is 7.64. The van der Waals surface area contributed by atoms with Gasteiger partial charge in [0.05, 0.1) is 25.8 Å². The number of benzene rings is 2. The monoisotopic (exact) mass is 604 g/mol. The Hall–Kier alpha value is -3.99. The highest BCUT2D eigenvalue weighted by atomic mass is 19.1. The van der Waals surface area contributed by atoms with E-state index in [2.05, 4.69) is 10.2 Å². The van der Waals surface area contributed by atoms with Crippen LogP contribution in [0.1, 0.15) is 66.4 Å². The normalized spacial score (nSPS) is 24.3. The number of carbonyl (C=O) groups excluding carboxylic acids is 4. The van der Waals surface area contributed by atoms with Crippen molar-refractivity contribution in [3.05, 3.63) is 58.9 Å². The molecule has 2 aromatic rings. The second-order valence-corrected chi connectivity index (χ2v) is 12.6. The molecule has 0 aromatic heterocycles. The highest BCUT2D eigenvalue weighted by Gasteiger charge is 2.45. The van der Waals surface area contributed by atoms with Gasteiger partial charge in [0.15, 0.2) is 0 Å². The fraction of sp³-hybridized carbons (Fsp3) is 0.515. The number of rotatable bonds is 7. The van der Waals surface area contributed by atoms with Gasteiger partial charge in [-0.2, -0.15) is 0 Å². The SMILES string of the molecule is O=C1CCC(N2Cc3c(OCCCN4CCCC4C(=O)N4CCC5(CC4)COc4cc(F)ccc45)cccc3C2=O)C(=O)N1. The topological polar surface area (TPSA) is 108 Å². The number of ether oxygens (including phenoxy) is 2. The summed E-state index contributed by atoms with van der Waals surface area (Å²) in [6.45, 7) is 4.18. The molecule has 1 N–H and O–H groups in total. The molecule has 7 rings (SSSR count). The van der Waals surface area contributed by atoms with Crippen molar-refractivity contribution < 1.29 is 33.0 Å². The van der Waals surface area contributed by atoms with Gasteiger partial charge < -0.3 is 19.3 Å². The van der Waals surface area contributed by atoms with Gasteiger partial charge in [0, 0.05) is 54.2 Å². The number of hydrogen-bond donors (Lipinski definition) is 1. The molecule has 0 saturated carbocycles. The van der Waals surface area contributed by atoms with E-state index in [1.807, 2.05) is 17.0 Å². The van der Waals surface area contributed by atoms with Crippen molar-refractivity contribution in [3.63, 3.8) is 0 Å². The van der Waals surface area contributed by atoms with Crippen LogP contribution in [0.4, 0.5) is 4.39 Å². The van der Waals surface area contributed by atoms with Crippen molar-refractivity contribution in [2.75, 3.05) is 39.4 Å². The van der Waals surface area contributed by atoms with Gasteiger partial charge in [0.25, 0.3) is 5.91 Å². The van der Waals surface area contributed by atoms with Gasteiger partial charge >= 0.3 is 0 Å². The number of halogens is 1. The molecule has 0 radical (unpaired) electrons. The van der Waals surface area contributed by atoms with Crippen LogP contribution in [0, 0.1) is 5.82 Å². The molecule has 44 heavy (non-hydrogen) atoms. The van der Waals surface area contributed by atoms with E-state index < -0.39 is 11.9 Å². The van der Waals surface area contributed by atoms with E-state index >= 15 is 0 Å². The van der Waals surface area contributed by atoms with Gasteiger partial charge in [0.1, 0.15) is 23.4 Å². The summed E-state index contributed by atoms with van der Waals surface area (Å²) in [4.78, 5) is 56.4. The average molecular weight is 605 g/mol. The Balaban J connectivity index is 0.913. The third kappa shape index (κ3) is 5.10. The molecule has 10 nitrogen and oxygen atoms in total. The number of imide groups is 1. The molecule has 5 heterocycles. The lowest BCUT2D eigenvalue weighted by Crippen LogP contribution is -2.52. The molecule has 232 valence electrons. The summed E-state index contributed by atoms with van der Waals surface area (Å²) in [5.41, 5.74) is 2.21. The van der Waals surface area contributed by atoms with Crippen LogP contribution in [-0.4, -0.2) is 89.8 Å². The van der Waals surface area contributed by atoms with E-state index in [1.165, 1.54) is 17.0 Å². The number of piperidine rings is 2. The van der Waals surface area contributed by atoms with Crippen molar-refractivity contribution in [1.29, 1.82) is 0 Å². The lowest BCUT2D eigenvalue weighted by atomic mass is 9.74. The number of hydrogen-bond acceptors (Lipinski definition) is 7. The number of fused-ring (bicyclic) bond motifs is 3. The Kier molecular flexibility index (Phi) is 7.52. The highest BCUT2D eigenvalue weighted by molar-refractivity contribution is 6.05. The molecule has 11 heteroatoms. The molecule has 2 aromatic carbocycles. The minimum Gasteiger partial charge on any atom is -0.493 e. The predicted molar refractivity (Wildman–Crippen MR) is 157 cm³/mol. The van der Waals surface area contributed by atoms with E-state index in [4.69, 9.17) is 9.47 Å². The van der Waals surface area contributed by atoms with Crippen LogP contribution in [0.3, 0.4) is 0 Å². The molecule has 5 aliphatic rings. The summed E-state index contributed by atoms with van der Waals surface area (Å²) < 4.78 is 25.7. The summed E-state index contributed by atoms with van der Waals surface area (Å²) in [6.07, 6.45) is 4.70. The summed E-state index contributed by atoms with van der Waals surface area (Å²) in [5, 5.41) is 2.33. The minimum absolute atomic E-state index is 0.133. The van der Waals surface area contributed by atoms with Gasteiger partial charge in [-0.3, -0.25) is 29.4 Å². The third-order valence-electron chi connectivity index (χ3n) is 10.1. The van der Waals surface area contributed by atoms with Crippen molar-refractivity contribution in [2.24, 2.45) is 0 Å². The maximum absolute atomic E-state index is 13.7. The summed E-state index contributed by atoms with van der Waals surface area (Å²) in [5.74, 6) is 0.187. The zero-order chi connectivity index (χ0) is 30.4. The summed E-state index contributed by atoms with van der Waals surface area (Å²) in [7, 11) is 0. The van der Waals surface area contributed by atoms with Crippen molar-refractivity contribution in [3.8, 4) is 11.5 Å². The largest absolute Gasteiger partial charge is 0.493 e. The van der Waals surface area contributed by atoms with Crippen LogP contribution in [0.5, 0.6) is 11.5 Å². The molecule has 1 spiro atoms. The van der Waals surface area contributed by atoms with Crippen LogP contribution in [0.2, 0.25) is 0 Å². The minimum atomic E-state index is -0.664. The van der Waals surface area contributed by atoms with E-state index in [0.29, 0.717) is 49.8 Å². The maximum Gasteiger partial charge on any atom is 0.255 e. The highest BCUT2D eigenvalue weighted by Crippen LogP contribution is 2.46. The lowest BCUT2D eigenvalue weighted by molar-refractivity contribution is -0.138. The first kappa shape index (κ1) is 28.8. The standard InChI is InChI=1S/C33H37FN4O6/c34-21-7-8-24-28(18-21)44-20-33(24)11-15-37(16-12-33)32(42)26-5-2-13-36(26)14-3-17-43-27-6-1-4-22-23(27)19-38(31(22)41)25-9-10-29(39)35-30(25)40/h1,4,6-8,18,25-26H,2-3,5,9-17,19-20H2,(H,35,39,40). The molecular formula is C33H37FN4O6. The van der Waals surface area contributed by atoms with Gasteiger partial charge in [-0.25, -0.2) is 4.39 Å². The van der Waals surface area contributed by atoms with Crippen molar-refractivity contribution >= 4 is 23.6 Å². The van der Waals surface area contributed by atoms with E-state index in [-0.39, 0.29) is 48.0 Å². The second kappa shape index (κ2) is 11.5. The van der Waals surface area contributed by atoms with Crippen LogP contribution >= 0.6 is 0 Å². The number of nitrogens with zero attached hydrogens (tertiary/aromatic N) is 3. The Morgan fingerprint density at radius 2 is 1.93 bits per heavy atom. The van der Waals surface area contributed by atoms with Crippen LogP contribution in [-0.2, 0) is 26.3 Å². The molecule has 0 bridgehead atoms. The molecule has 0 aliphatic carbocycles. The molecule has 2 atom stereocenters. The molecule has 5 aliphatic heterocycles. The van der Waals surface area contributed by atoms with Crippen molar-refractivity contribution in [1.82, 2.24) is 20.0 Å². The zero-order valence-corrected chi connectivity index (χ0v) is 24.7. The first-order valence-electron chi connectivity index (χ1n) is 15.7. The van der Waals surface area contributed by atoms with E-state index in [0.717, 1.165) is 56.3 Å².